The van der Waals surface area contributed by atoms with Crippen LogP contribution >= 0.6 is 0 Å². The smallest absolute Gasteiger partial charge is 0.327 e. The topological polar surface area (TPSA) is 106 Å². The standard InChI is InChI=1S/C23H30N2O5S/c1-30-21-11-13-22(14-12-21)31(28,29)25-17-3-2-6-19(10-15-23(26)27)7-4-8-20-9-5-16-24-18-20/h5,9-16,18-19,25H,2-4,6-8,17H2,1H3,(H,26,27)/b15-10+. The largest absolute Gasteiger partial charge is 0.497 e. The van der Waals surface area contributed by atoms with Crippen LogP contribution in [0, 0.1) is 5.92 Å². The van der Waals surface area contributed by atoms with Gasteiger partial charge < -0.3 is 9.84 Å². The van der Waals surface area contributed by atoms with Gasteiger partial charge in [-0.25, -0.2) is 17.9 Å². The number of carbonyl (C=O) groups is 1. The van der Waals surface area contributed by atoms with Crippen molar-refractivity contribution < 1.29 is 23.1 Å². The first-order chi connectivity index (χ1) is 14.9. The molecule has 7 nitrogen and oxygen atoms in total. The molecule has 31 heavy (non-hydrogen) atoms. The summed E-state index contributed by atoms with van der Waals surface area (Å²) in [5.41, 5.74) is 1.16. The molecule has 2 N–H and O–H groups in total. The summed E-state index contributed by atoms with van der Waals surface area (Å²) in [5, 5.41) is 8.93. The molecule has 0 radical (unpaired) electrons. The predicted molar refractivity (Wildman–Crippen MR) is 119 cm³/mol. The Hall–Kier alpha value is -2.71. The van der Waals surface area contributed by atoms with Gasteiger partial charge in [0.15, 0.2) is 0 Å². The monoisotopic (exact) mass is 446 g/mol. The molecule has 1 heterocycles. The van der Waals surface area contributed by atoms with Gasteiger partial charge in [0, 0.05) is 25.0 Å². The van der Waals surface area contributed by atoms with E-state index in [4.69, 9.17) is 9.84 Å². The molecule has 0 aliphatic carbocycles. The Morgan fingerprint density at radius 2 is 1.90 bits per heavy atom. The maximum atomic E-state index is 12.3. The number of nitrogens with zero attached hydrogens (tertiary/aromatic N) is 1. The molecule has 2 aromatic rings. The summed E-state index contributed by atoms with van der Waals surface area (Å²) in [7, 11) is -2.03. The predicted octanol–water partition coefficient (Wildman–Crippen LogP) is 3.82. The Morgan fingerprint density at radius 1 is 1.16 bits per heavy atom. The Bertz CT molecular complexity index is 928. The van der Waals surface area contributed by atoms with E-state index in [-0.39, 0.29) is 10.8 Å². The number of aromatic nitrogens is 1. The average molecular weight is 447 g/mol. The fourth-order valence-electron chi connectivity index (χ4n) is 3.25. The Morgan fingerprint density at radius 3 is 2.55 bits per heavy atom. The second-order valence-corrected chi connectivity index (χ2v) is 9.05. The third-order valence-corrected chi connectivity index (χ3v) is 6.41. The molecule has 2 rings (SSSR count). The van der Waals surface area contributed by atoms with Crippen LogP contribution in [0.3, 0.4) is 0 Å². The van der Waals surface area contributed by atoms with Gasteiger partial charge in [0.2, 0.25) is 10.0 Å². The van der Waals surface area contributed by atoms with Crippen molar-refractivity contribution in [2.45, 2.75) is 43.4 Å². The van der Waals surface area contributed by atoms with Gasteiger partial charge in [0.1, 0.15) is 5.75 Å². The summed E-state index contributed by atoms with van der Waals surface area (Å²) in [6, 6.07) is 10.2. The quantitative estimate of drug-likeness (QED) is 0.338. The van der Waals surface area contributed by atoms with Crippen LogP contribution in [-0.2, 0) is 21.2 Å². The van der Waals surface area contributed by atoms with E-state index in [2.05, 4.69) is 9.71 Å². The molecule has 1 aromatic heterocycles. The Balaban J connectivity index is 1.76. The number of pyridine rings is 1. The number of benzene rings is 1. The number of allylic oxidation sites excluding steroid dienone is 1. The molecule has 0 bridgehead atoms. The molecule has 0 fully saturated rings. The number of methoxy groups -OCH3 is 1. The van der Waals surface area contributed by atoms with Crippen LogP contribution in [0.5, 0.6) is 5.75 Å². The molecule has 0 aliphatic rings. The van der Waals surface area contributed by atoms with Crippen LogP contribution in [0.4, 0.5) is 0 Å². The highest BCUT2D eigenvalue weighted by Gasteiger charge is 2.13. The Kier molecular flexibility index (Phi) is 10.2. The fourth-order valence-corrected chi connectivity index (χ4v) is 4.32. The first-order valence-electron chi connectivity index (χ1n) is 10.3. The van der Waals surface area contributed by atoms with Gasteiger partial charge in [-0.2, -0.15) is 0 Å². The fraction of sp³-hybridized carbons (Fsp3) is 0.391. The van der Waals surface area contributed by atoms with Gasteiger partial charge in [-0.15, -0.1) is 0 Å². The van der Waals surface area contributed by atoms with Gasteiger partial charge in [0.05, 0.1) is 12.0 Å². The van der Waals surface area contributed by atoms with Crippen molar-refractivity contribution >= 4 is 16.0 Å². The van der Waals surface area contributed by atoms with Gasteiger partial charge in [-0.05, 0) is 73.9 Å². The van der Waals surface area contributed by atoms with E-state index >= 15 is 0 Å². The molecule has 8 heteroatoms. The number of rotatable bonds is 14. The number of sulfonamides is 1. The summed E-state index contributed by atoms with van der Waals surface area (Å²) in [4.78, 5) is 15.2. The molecular weight excluding hydrogens is 416 g/mol. The van der Waals surface area contributed by atoms with Gasteiger partial charge in [0.25, 0.3) is 0 Å². The van der Waals surface area contributed by atoms with Crippen molar-refractivity contribution in [2.24, 2.45) is 5.92 Å². The van der Waals surface area contributed by atoms with E-state index in [0.717, 1.165) is 37.7 Å². The lowest BCUT2D eigenvalue weighted by molar-refractivity contribution is -0.131. The van der Waals surface area contributed by atoms with Crippen molar-refractivity contribution in [1.82, 2.24) is 9.71 Å². The summed E-state index contributed by atoms with van der Waals surface area (Å²) in [6.07, 6.45) is 11.5. The van der Waals surface area contributed by atoms with Crippen molar-refractivity contribution in [2.75, 3.05) is 13.7 Å². The van der Waals surface area contributed by atoms with Crippen LogP contribution in [0.15, 0.2) is 65.8 Å². The minimum atomic E-state index is -3.56. The zero-order chi connectivity index (χ0) is 22.5. The van der Waals surface area contributed by atoms with Gasteiger partial charge >= 0.3 is 5.97 Å². The molecule has 168 valence electrons. The van der Waals surface area contributed by atoms with Crippen molar-refractivity contribution in [3.63, 3.8) is 0 Å². The second-order valence-electron chi connectivity index (χ2n) is 7.28. The molecule has 1 aromatic carbocycles. The highest BCUT2D eigenvalue weighted by atomic mass is 32.2. The number of carboxylic acid groups (broad SMARTS) is 1. The first kappa shape index (κ1) is 24.6. The van der Waals surface area contributed by atoms with E-state index in [1.807, 2.05) is 18.3 Å². The number of unbranched alkanes of at least 4 members (excludes halogenated alkanes) is 1. The zero-order valence-corrected chi connectivity index (χ0v) is 18.6. The van der Waals surface area contributed by atoms with Crippen molar-refractivity contribution in [1.29, 1.82) is 0 Å². The Labute approximate surface area is 184 Å². The molecule has 0 saturated carbocycles. The summed E-state index contributed by atoms with van der Waals surface area (Å²) >= 11 is 0. The normalized spacial score (nSPS) is 12.7. The summed E-state index contributed by atoms with van der Waals surface area (Å²) < 4.78 is 32.4. The van der Waals surface area contributed by atoms with Crippen molar-refractivity contribution in [3.05, 3.63) is 66.5 Å². The third-order valence-electron chi connectivity index (χ3n) is 4.94. The van der Waals surface area contributed by atoms with Gasteiger partial charge in [-0.1, -0.05) is 18.6 Å². The number of nitrogens with one attached hydrogen (secondary N) is 1. The number of carboxylic acids is 1. The third kappa shape index (κ3) is 9.31. The lowest BCUT2D eigenvalue weighted by Crippen LogP contribution is -2.24. The van der Waals surface area contributed by atoms with E-state index in [0.29, 0.717) is 18.7 Å². The minimum Gasteiger partial charge on any atom is -0.497 e. The second kappa shape index (κ2) is 12.9. The van der Waals surface area contributed by atoms with Crippen LogP contribution in [0.25, 0.3) is 0 Å². The van der Waals surface area contributed by atoms with E-state index in [1.54, 1.807) is 24.4 Å². The molecule has 0 spiro atoms. The SMILES string of the molecule is COc1ccc(S(=O)(=O)NCCCCC(/C=C/C(=O)O)CCCc2cccnc2)cc1. The molecule has 0 amide bonds. The highest BCUT2D eigenvalue weighted by Crippen LogP contribution is 2.19. The van der Waals surface area contributed by atoms with Crippen LogP contribution in [0.2, 0.25) is 0 Å². The number of aryl methyl sites for hydroxylation is 1. The average Bonchev–Trinajstić information content (AvgIpc) is 2.77. The number of ether oxygens (including phenoxy) is 1. The maximum Gasteiger partial charge on any atom is 0.327 e. The molecule has 0 saturated heterocycles. The zero-order valence-electron chi connectivity index (χ0n) is 17.7. The van der Waals surface area contributed by atoms with Crippen LogP contribution < -0.4 is 9.46 Å². The van der Waals surface area contributed by atoms with E-state index < -0.39 is 16.0 Å². The highest BCUT2D eigenvalue weighted by molar-refractivity contribution is 7.89. The summed E-state index contributed by atoms with van der Waals surface area (Å²) in [5.74, 6) is -0.210. The van der Waals surface area contributed by atoms with E-state index in [9.17, 15) is 13.2 Å². The molecular formula is C23H30N2O5S. The maximum absolute atomic E-state index is 12.3. The number of hydrogen-bond acceptors (Lipinski definition) is 5. The molecule has 1 unspecified atom stereocenters. The first-order valence-corrected chi connectivity index (χ1v) is 11.8. The molecule has 1 atom stereocenters. The number of hydrogen-bond donors (Lipinski definition) is 2. The van der Waals surface area contributed by atoms with Crippen molar-refractivity contribution in [3.8, 4) is 5.75 Å². The van der Waals surface area contributed by atoms with Gasteiger partial charge in [-0.3, -0.25) is 4.98 Å². The summed E-state index contributed by atoms with van der Waals surface area (Å²) in [6.45, 7) is 0.333. The lowest BCUT2D eigenvalue weighted by atomic mass is 9.94. The minimum absolute atomic E-state index is 0.144. The molecule has 0 aliphatic heterocycles. The van der Waals surface area contributed by atoms with Crippen LogP contribution in [0.1, 0.15) is 37.7 Å². The van der Waals surface area contributed by atoms with Crippen LogP contribution in [-0.4, -0.2) is 38.1 Å². The number of aliphatic carboxylic acids is 1. The van der Waals surface area contributed by atoms with E-state index in [1.165, 1.54) is 25.3 Å². The lowest BCUT2D eigenvalue weighted by Gasteiger charge is -2.13.